The van der Waals surface area contributed by atoms with E-state index in [1.807, 2.05) is 22.2 Å². The van der Waals surface area contributed by atoms with Gasteiger partial charge in [-0.3, -0.25) is 4.68 Å². The summed E-state index contributed by atoms with van der Waals surface area (Å²) in [7, 11) is 0. The van der Waals surface area contributed by atoms with Crippen LogP contribution < -0.4 is 5.73 Å². The molecule has 0 spiro atoms. The monoisotopic (exact) mass is 245 g/mol. The van der Waals surface area contributed by atoms with Crippen molar-refractivity contribution in [3.63, 3.8) is 0 Å². The second-order valence-electron chi connectivity index (χ2n) is 4.14. The normalized spacial score (nSPS) is 11.6. The van der Waals surface area contributed by atoms with Gasteiger partial charge in [0.1, 0.15) is 0 Å². The first kappa shape index (κ1) is 10.7. The van der Waals surface area contributed by atoms with Gasteiger partial charge in [0.2, 0.25) is 0 Å². The number of nitrogens with zero attached hydrogens (tertiary/aromatic N) is 2. The molecule has 0 unspecified atom stereocenters. The molecule has 0 aliphatic carbocycles. The van der Waals surface area contributed by atoms with E-state index < -0.39 is 0 Å². The molecule has 0 aliphatic rings. The maximum Gasteiger partial charge on any atom is 0.0769 e. The van der Waals surface area contributed by atoms with E-state index in [0.717, 1.165) is 13.0 Å². The molecule has 88 valence electrons. The van der Waals surface area contributed by atoms with Gasteiger partial charge in [-0.25, -0.2) is 0 Å². The molecule has 0 saturated heterocycles. The number of thiophene rings is 1. The van der Waals surface area contributed by atoms with Crippen LogP contribution in [0.3, 0.4) is 0 Å². The standard InChI is InChI=1S/C13H15N3S/c1-2-10-7-11-12(17-10)4-3-9-8-15-16(6-5-14)13(9)11/h3-4,7-8H,2,5-6,14H2,1H3. The highest BCUT2D eigenvalue weighted by molar-refractivity contribution is 7.19. The van der Waals surface area contributed by atoms with Gasteiger partial charge in [0.15, 0.2) is 0 Å². The van der Waals surface area contributed by atoms with Gasteiger partial charge in [-0.05, 0) is 24.6 Å². The van der Waals surface area contributed by atoms with Gasteiger partial charge in [-0.1, -0.05) is 6.92 Å². The molecule has 0 saturated carbocycles. The summed E-state index contributed by atoms with van der Waals surface area (Å²) in [6.07, 6.45) is 3.01. The highest BCUT2D eigenvalue weighted by Gasteiger charge is 2.09. The van der Waals surface area contributed by atoms with Gasteiger partial charge in [-0.2, -0.15) is 5.10 Å². The largest absolute Gasteiger partial charge is 0.329 e. The van der Waals surface area contributed by atoms with Gasteiger partial charge < -0.3 is 5.73 Å². The fourth-order valence-corrected chi connectivity index (χ4v) is 3.22. The van der Waals surface area contributed by atoms with Crippen molar-refractivity contribution in [3.8, 4) is 0 Å². The minimum atomic E-state index is 0.623. The Balaban J connectivity index is 2.34. The van der Waals surface area contributed by atoms with Crippen LogP contribution in [0.25, 0.3) is 21.0 Å². The lowest BCUT2D eigenvalue weighted by atomic mass is 10.2. The highest BCUT2D eigenvalue weighted by atomic mass is 32.1. The molecule has 3 aromatic rings. The Bertz CT molecular complexity index is 666. The summed E-state index contributed by atoms with van der Waals surface area (Å²) in [5, 5.41) is 6.93. The van der Waals surface area contributed by atoms with Crippen LogP contribution in [0.5, 0.6) is 0 Å². The molecule has 4 heteroatoms. The molecule has 3 rings (SSSR count). The van der Waals surface area contributed by atoms with Crippen LogP contribution in [0.15, 0.2) is 24.4 Å². The minimum absolute atomic E-state index is 0.623. The van der Waals surface area contributed by atoms with Crippen molar-refractivity contribution in [2.45, 2.75) is 19.9 Å². The van der Waals surface area contributed by atoms with E-state index in [9.17, 15) is 0 Å². The molecule has 0 aliphatic heterocycles. The average Bonchev–Trinajstić information content (AvgIpc) is 2.92. The van der Waals surface area contributed by atoms with Crippen LogP contribution >= 0.6 is 11.3 Å². The Morgan fingerprint density at radius 2 is 2.29 bits per heavy atom. The second-order valence-corrected chi connectivity index (χ2v) is 5.31. The van der Waals surface area contributed by atoms with E-state index in [0.29, 0.717) is 6.54 Å². The molecule has 17 heavy (non-hydrogen) atoms. The maximum absolute atomic E-state index is 5.63. The molecule has 0 radical (unpaired) electrons. The zero-order valence-electron chi connectivity index (χ0n) is 9.81. The lowest BCUT2D eigenvalue weighted by Gasteiger charge is -2.01. The van der Waals surface area contributed by atoms with Crippen molar-refractivity contribution < 1.29 is 0 Å². The molecular weight excluding hydrogens is 230 g/mol. The quantitative estimate of drug-likeness (QED) is 0.771. The summed E-state index contributed by atoms with van der Waals surface area (Å²) in [6, 6.07) is 6.63. The van der Waals surface area contributed by atoms with E-state index in [-0.39, 0.29) is 0 Å². The van der Waals surface area contributed by atoms with Crippen molar-refractivity contribution in [2.24, 2.45) is 5.73 Å². The first-order valence-electron chi connectivity index (χ1n) is 5.90. The summed E-state index contributed by atoms with van der Waals surface area (Å²) in [6.45, 7) is 3.59. The fraction of sp³-hybridized carbons (Fsp3) is 0.308. The number of aromatic nitrogens is 2. The first-order valence-corrected chi connectivity index (χ1v) is 6.72. The van der Waals surface area contributed by atoms with Crippen LogP contribution in [-0.2, 0) is 13.0 Å². The number of nitrogens with two attached hydrogens (primary N) is 1. The van der Waals surface area contributed by atoms with Gasteiger partial charge in [0.25, 0.3) is 0 Å². The van der Waals surface area contributed by atoms with Crippen LogP contribution in [0.4, 0.5) is 0 Å². The van der Waals surface area contributed by atoms with Crippen molar-refractivity contribution >= 4 is 32.3 Å². The number of benzene rings is 1. The summed E-state index contributed by atoms with van der Waals surface area (Å²) < 4.78 is 3.36. The van der Waals surface area contributed by atoms with E-state index in [1.165, 1.54) is 25.9 Å². The molecule has 0 fully saturated rings. The van der Waals surface area contributed by atoms with Gasteiger partial charge in [-0.15, -0.1) is 11.3 Å². The Labute approximate surface area is 104 Å². The summed E-state index contributed by atoms with van der Waals surface area (Å²) in [4.78, 5) is 1.42. The lowest BCUT2D eigenvalue weighted by molar-refractivity contribution is 0.647. The summed E-state index contributed by atoms with van der Waals surface area (Å²) >= 11 is 1.87. The summed E-state index contributed by atoms with van der Waals surface area (Å²) in [5.41, 5.74) is 6.85. The maximum atomic E-state index is 5.63. The van der Waals surface area contributed by atoms with E-state index in [4.69, 9.17) is 5.73 Å². The van der Waals surface area contributed by atoms with Crippen LogP contribution in [-0.4, -0.2) is 16.3 Å². The molecule has 0 bridgehead atoms. The SMILES string of the molecule is CCc1cc2c(ccc3cnn(CCN)c32)s1. The average molecular weight is 245 g/mol. The van der Waals surface area contributed by atoms with Gasteiger partial charge >= 0.3 is 0 Å². The molecule has 3 nitrogen and oxygen atoms in total. The van der Waals surface area contributed by atoms with Crippen LogP contribution in [0, 0.1) is 0 Å². The smallest absolute Gasteiger partial charge is 0.0769 e. The summed E-state index contributed by atoms with van der Waals surface area (Å²) in [5.74, 6) is 0. The molecular formula is C13H15N3S. The van der Waals surface area contributed by atoms with E-state index in [2.05, 4.69) is 30.2 Å². The van der Waals surface area contributed by atoms with Crippen molar-refractivity contribution in [1.29, 1.82) is 0 Å². The van der Waals surface area contributed by atoms with Crippen molar-refractivity contribution in [3.05, 3.63) is 29.3 Å². The van der Waals surface area contributed by atoms with Gasteiger partial charge in [0.05, 0.1) is 18.3 Å². The predicted molar refractivity (Wildman–Crippen MR) is 73.5 cm³/mol. The number of hydrogen-bond donors (Lipinski definition) is 1. The molecule has 2 heterocycles. The first-order chi connectivity index (χ1) is 8.33. The third kappa shape index (κ3) is 1.64. The molecule has 0 atom stereocenters. The highest BCUT2D eigenvalue weighted by Crippen LogP contribution is 2.32. The zero-order valence-corrected chi connectivity index (χ0v) is 10.6. The number of aryl methyl sites for hydroxylation is 1. The van der Waals surface area contributed by atoms with Crippen LogP contribution in [0.2, 0.25) is 0 Å². The third-order valence-corrected chi connectivity index (χ3v) is 4.28. The van der Waals surface area contributed by atoms with Crippen LogP contribution in [0.1, 0.15) is 11.8 Å². The number of hydrogen-bond acceptors (Lipinski definition) is 3. The molecule has 1 aromatic carbocycles. The minimum Gasteiger partial charge on any atom is -0.329 e. The molecule has 0 amide bonds. The van der Waals surface area contributed by atoms with E-state index >= 15 is 0 Å². The third-order valence-electron chi connectivity index (χ3n) is 3.04. The fourth-order valence-electron chi connectivity index (χ4n) is 2.21. The van der Waals surface area contributed by atoms with Gasteiger partial charge in [0, 0.05) is 26.9 Å². The Kier molecular flexibility index (Phi) is 2.61. The second kappa shape index (κ2) is 4.13. The Hall–Kier alpha value is -1.39. The zero-order chi connectivity index (χ0) is 11.8. The van der Waals surface area contributed by atoms with E-state index in [1.54, 1.807) is 0 Å². The number of rotatable bonds is 3. The molecule has 2 N–H and O–H groups in total. The van der Waals surface area contributed by atoms with Crippen molar-refractivity contribution in [1.82, 2.24) is 9.78 Å². The lowest BCUT2D eigenvalue weighted by Crippen LogP contribution is -2.10. The molecule has 2 aromatic heterocycles. The Morgan fingerprint density at radius 1 is 1.41 bits per heavy atom. The topological polar surface area (TPSA) is 43.8 Å². The Morgan fingerprint density at radius 3 is 3.06 bits per heavy atom. The predicted octanol–water partition coefficient (Wildman–Crippen LogP) is 2.77. The van der Waals surface area contributed by atoms with Crippen molar-refractivity contribution in [2.75, 3.05) is 6.54 Å². The number of fused-ring (bicyclic) bond motifs is 3.